The number of aromatic nitrogens is 4. The van der Waals surface area contributed by atoms with Gasteiger partial charge in [-0.2, -0.15) is 10.4 Å². The smallest absolute Gasteiger partial charge is 0.159 e. The van der Waals surface area contributed by atoms with Crippen LogP contribution in [0.15, 0.2) is 30.5 Å². The quantitative estimate of drug-likeness (QED) is 0.680. The van der Waals surface area contributed by atoms with E-state index in [4.69, 9.17) is 9.97 Å². The fraction of sp³-hybridized carbons (Fsp3) is 0.520. The van der Waals surface area contributed by atoms with Crippen LogP contribution in [0.3, 0.4) is 0 Å². The number of benzene rings is 1. The molecule has 1 aromatic carbocycles. The molecule has 1 N–H and O–H groups in total. The lowest BCUT2D eigenvalue weighted by Gasteiger charge is -2.45. The summed E-state index contributed by atoms with van der Waals surface area (Å²) in [5.74, 6) is 2.33. The Labute approximate surface area is 187 Å². The molecule has 0 spiro atoms. The molecule has 4 heterocycles. The maximum Gasteiger partial charge on any atom is 0.159 e. The van der Waals surface area contributed by atoms with Crippen LogP contribution in [-0.2, 0) is 5.41 Å². The largest absolute Gasteiger partial charge is 0.390 e. The van der Waals surface area contributed by atoms with Gasteiger partial charge in [-0.15, -0.1) is 0 Å². The first-order valence-corrected chi connectivity index (χ1v) is 11.5. The molecule has 0 atom stereocenters. The number of nitrogens with zero attached hydrogens (tertiary/aromatic N) is 6. The van der Waals surface area contributed by atoms with Gasteiger partial charge in [0.05, 0.1) is 28.8 Å². The molecule has 0 amide bonds. The number of hydrogen-bond acceptors (Lipinski definition) is 6. The highest BCUT2D eigenvalue weighted by Gasteiger charge is 2.62. The molecule has 7 rings (SSSR count). The Morgan fingerprint density at radius 2 is 1.91 bits per heavy atom. The fourth-order valence-electron chi connectivity index (χ4n) is 5.89. The lowest BCUT2D eigenvalue weighted by molar-refractivity contribution is -0.0754. The van der Waals surface area contributed by atoms with E-state index in [1.807, 2.05) is 37.7 Å². The van der Waals surface area contributed by atoms with Crippen molar-refractivity contribution in [3.63, 3.8) is 0 Å². The Morgan fingerprint density at radius 3 is 2.53 bits per heavy atom. The second-order valence-corrected chi connectivity index (χ2v) is 10.5. The third-order valence-electron chi connectivity index (χ3n) is 8.33. The van der Waals surface area contributed by atoms with Crippen LogP contribution in [0.5, 0.6) is 0 Å². The Hall–Kier alpha value is -2.98. The van der Waals surface area contributed by atoms with Crippen LogP contribution in [-0.4, -0.2) is 43.0 Å². The number of rotatable bonds is 4. The minimum Gasteiger partial charge on any atom is -0.390 e. The van der Waals surface area contributed by atoms with Gasteiger partial charge in [-0.25, -0.2) is 14.6 Å². The molecular weight excluding hydrogens is 400 g/mol. The highest BCUT2D eigenvalue weighted by molar-refractivity contribution is 5.81. The second kappa shape index (κ2) is 6.29. The summed E-state index contributed by atoms with van der Waals surface area (Å²) in [6, 6.07) is 11.2. The number of aryl methyl sites for hydroxylation is 1. The zero-order valence-corrected chi connectivity index (χ0v) is 18.8. The minimum atomic E-state index is -0.698. The van der Waals surface area contributed by atoms with E-state index in [0.29, 0.717) is 11.9 Å². The SMILES string of the molecule is Cc1nc(N2CC3(C(C)(C)O)CC2C3)cc(-n2ncc3ccc(C4(C#N)CCC4)cc32)n1. The van der Waals surface area contributed by atoms with Crippen molar-refractivity contribution >= 4 is 16.7 Å². The van der Waals surface area contributed by atoms with Gasteiger partial charge in [-0.05, 0) is 64.5 Å². The average Bonchev–Trinajstić information content (AvgIpc) is 3.38. The molecule has 2 bridgehead atoms. The van der Waals surface area contributed by atoms with Crippen molar-refractivity contribution in [2.75, 3.05) is 11.4 Å². The number of anilines is 1. The predicted molar refractivity (Wildman–Crippen MR) is 122 cm³/mol. The van der Waals surface area contributed by atoms with Crippen LogP contribution in [0, 0.1) is 23.7 Å². The molecule has 7 heteroatoms. The van der Waals surface area contributed by atoms with Crippen molar-refractivity contribution in [1.29, 1.82) is 5.26 Å². The van der Waals surface area contributed by atoms with E-state index < -0.39 is 5.60 Å². The van der Waals surface area contributed by atoms with Crippen LogP contribution >= 0.6 is 0 Å². The van der Waals surface area contributed by atoms with Crippen molar-refractivity contribution in [2.45, 2.75) is 69.9 Å². The van der Waals surface area contributed by atoms with Crippen LogP contribution in [0.25, 0.3) is 16.7 Å². The van der Waals surface area contributed by atoms with Gasteiger partial charge in [0, 0.05) is 29.5 Å². The van der Waals surface area contributed by atoms with E-state index in [2.05, 4.69) is 34.3 Å². The van der Waals surface area contributed by atoms with E-state index in [-0.39, 0.29) is 10.8 Å². The van der Waals surface area contributed by atoms with Gasteiger partial charge in [-0.1, -0.05) is 12.1 Å². The molecule has 164 valence electrons. The van der Waals surface area contributed by atoms with Gasteiger partial charge >= 0.3 is 0 Å². The summed E-state index contributed by atoms with van der Waals surface area (Å²) >= 11 is 0. The van der Waals surface area contributed by atoms with Crippen molar-refractivity contribution in [3.05, 3.63) is 41.9 Å². The van der Waals surface area contributed by atoms with Gasteiger partial charge in [0.25, 0.3) is 0 Å². The monoisotopic (exact) mass is 428 g/mol. The summed E-state index contributed by atoms with van der Waals surface area (Å²) in [6.45, 7) is 6.57. The van der Waals surface area contributed by atoms with Crippen LogP contribution < -0.4 is 4.90 Å². The van der Waals surface area contributed by atoms with Crippen LogP contribution in [0.4, 0.5) is 5.82 Å². The molecule has 3 aromatic rings. The van der Waals surface area contributed by atoms with Gasteiger partial charge in [0.15, 0.2) is 5.82 Å². The Balaban J connectivity index is 1.40. The van der Waals surface area contributed by atoms with Gasteiger partial charge in [0.2, 0.25) is 0 Å². The molecular formula is C25H28N6O. The van der Waals surface area contributed by atoms with E-state index in [1.165, 1.54) is 0 Å². The zero-order valence-electron chi connectivity index (χ0n) is 18.8. The summed E-state index contributed by atoms with van der Waals surface area (Å²) in [4.78, 5) is 11.8. The molecule has 4 aliphatic rings. The first-order valence-electron chi connectivity index (χ1n) is 11.5. The summed E-state index contributed by atoms with van der Waals surface area (Å²) in [5.41, 5.74) is 0.914. The Kier molecular flexibility index (Phi) is 3.87. The fourth-order valence-corrected chi connectivity index (χ4v) is 5.89. The third-order valence-corrected chi connectivity index (χ3v) is 8.33. The number of nitriles is 1. The summed E-state index contributed by atoms with van der Waals surface area (Å²) in [6.07, 6.45) is 6.78. The van der Waals surface area contributed by atoms with Gasteiger partial charge in [-0.3, -0.25) is 0 Å². The van der Waals surface area contributed by atoms with Crippen molar-refractivity contribution < 1.29 is 5.11 Å². The number of hydrogen-bond donors (Lipinski definition) is 1. The first-order chi connectivity index (χ1) is 15.2. The van der Waals surface area contributed by atoms with E-state index in [1.54, 1.807) is 0 Å². The molecule has 2 saturated heterocycles. The highest BCUT2D eigenvalue weighted by atomic mass is 16.3. The average molecular weight is 429 g/mol. The molecule has 2 aliphatic heterocycles. The summed E-state index contributed by atoms with van der Waals surface area (Å²) < 4.78 is 1.87. The Morgan fingerprint density at radius 1 is 1.16 bits per heavy atom. The molecule has 2 saturated carbocycles. The van der Waals surface area contributed by atoms with Crippen molar-refractivity contribution in [2.24, 2.45) is 5.41 Å². The molecule has 0 unspecified atom stereocenters. The maximum atomic E-state index is 10.7. The van der Waals surface area contributed by atoms with E-state index in [9.17, 15) is 10.4 Å². The first kappa shape index (κ1) is 19.7. The maximum absolute atomic E-state index is 10.7. The summed E-state index contributed by atoms with van der Waals surface area (Å²) in [5, 5.41) is 26.1. The number of aliphatic hydroxyl groups is 1. The second-order valence-electron chi connectivity index (χ2n) is 10.5. The van der Waals surface area contributed by atoms with Crippen molar-refractivity contribution in [3.8, 4) is 11.9 Å². The molecule has 2 aromatic heterocycles. The van der Waals surface area contributed by atoms with E-state index in [0.717, 1.165) is 66.8 Å². The molecule has 2 aliphatic carbocycles. The van der Waals surface area contributed by atoms with Crippen LogP contribution in [0.1, 0.15) is 57.3 Å². The highest BCUT2D eigenvalue weighted by Crippen LogP contribution is 2.58. The third kappa shape index (κ3) is 2.59. The normalized spacial score (nSPS) is 26.0. The van der Waals surface area contributed by atoms with Crippen LogP contribution in [0.2, 0.25) is 0 Å². The van der Waals surface area contributed by atoms with Gasteiger partial charge < -0.3 is 10.0 Å². The standard InChI is InChI=1S/C25H28N6O/c1-16-28-21(30-15-25(23(2,3)32)11-19(30)12-25)10-22(29-16)31-20-9-18(6-5-17(20)13-27-31)24(14-26)7-4-8-24/h5-6,9-10,13,19,32H,4,7-8,11-12,15H2,1-3H3. The lowest BCUT2D eigenvalue weighted by atomic mass is 9.61. The predicted octanol–water partition coefficient (Wildman–Crippen LogP) is 3.81. The van der Waals surface area contributed by atoms with E-state index >= 15 is 0 Å². The summed E-state index contributed by atoms with van der Waals surface area (Å²) in [7, 11) is 0. The topological polar surface area (TPSA) is 90.9 Å². The minimum absolute atomic E-state index is 0.0572. The van der Waals surface area contributed by atoms with Gasteiger partial charge in [0.1, 0.15) is 11.6 Å². The number of fused-ring (bicyclic) bond motifs is 2. The molecule has 4 fully saturated rings. The molecule has 32 heavy (non-hydrogen) atoms. The molecule has 0 radical (unpaired) electrons. The Bertz CT molecular complexity index is 1270. The zero-order chi connectivity index (χ0) is 22.3. The van der Waals surface area contributed by atoms with Crippen molar-refractivity contribution in [1.82, 2.24) is 19.7 Å². The lowest BCUT2D eigenvalue weighted by Crippen LogP contribution is -2.50. The molecule has 7 nitrogen and oxygen atoms in total.